The third-order valence-electron chi connectivity index (χ3n) is 5.24. The topological polar surface area (TPSA) is 9.23 Å². The second-order valence-corrected chi connectivity index (χ2v) is 9.29. The molecule has 134 valence electrons. The van der Waals surface area contributed by atoms with Crippen LogP contribution in [0.25, 0.3) is 0 Å². The van der Waals surface area contributed by atoms with Crippen molar-refractivity contribution in [3.8, 4) is 5.75 Å². The summed E-state index contributed by atoms with van der Waals surface area (Å²) in [7, 11) is 0. The van der Waals surface area contributed by atoms with E-state index in [9.17, 15) is 0 Å². The van der Waals surface area contributed by atoms with Gasteiger partial charge in [0, 0.05) is 0 Å². The van der Waals surface area contributed by atoms with E-state index in [1.54, 1.807) is 0 Å². The minimum Gasteiger partial charge on any atom is -0.493 e. The van der Waals surface area contributed by atoms with Crippen LogP contribution in [0.2, 0.25) is 0 Å². The summed E-state index contributed by atoms with van der Waals surface area (Å²) in [5.74, 6) is 1.80. The Morgan fingerprint density at radius 2 is 1.56 bits per heavy atom. The predicted octanol–water partition coefficient (Wildman–Crippen LogP) is 6.29. The minimum absolute atomic E-state index is 0.0788. The first-order chi connectivity index (χ1) is 11.7. The van der Waals surface area contributed by atoms with Crippen molar-refractivity contribution >= 4 is 0 Å². The quantitative estimate of drug-likeness (QED) is 0.602. The van der Waals surface area contributed by atoms with Crippen LogP contribution in [0.4, 0.5) is 0 Å². The first-order valence-corrected chi connectivity index (χ1v) is 9.57. The monoisotopic (exact) mass is 336 g/mol. The number of ether oxygens (including phenoxy) is 1. The lowest BCUT2D eigenvalue weighted by molar-refractivity contribution is 0.299. The van der Waals surface area contributed by atoms with Crippen LogP contribution >= 0.6 is 0 Å². The second-order valence-electron chi connectivity index (χ2n) is 9.29. The fraction of sp³-hybridized carbons (Fsp3) is 0.500. The third kappa shape index (κ3) is 4.87. The molecule has 0 unspecified atom stereocenters. The van der Waals surface area contributed by atoms with Gasteiger partial charge in [-0.1, -0.05) is 71.0 Å². The van der Waals surface area contributed by atoms with Crippen molar-refractivity contribution in [2.24, 2.45) is 5.92 Å². The van der Waals surface area contributed by atoms with Gasteiger partial charge in [0.2, 0.25) is 0 Å². The SMILES string of the molecule is CC(C)(C)c1cccc(CC(C)(C)c2cccc(OCC3CC3)c2)c1. The molecule has 1 aliphatic carbocycles. The van der Waals surface area contributed by atoms with Gasteiger partial charge in [-0.15, -0.1) is 0 Å². The molecule has 0 heterocycles. The first kappa shape index (κ1) is 18.0. The van der Waals surface area contributed by atoms with Crippen LogP contribution in [0, 0.1) is 5.92 Å². The van der Waals surface area contributed by atoms with Gasteiger partial charge in [-0.05, 0) is 64.8 Å². The van der Waals surface area contributed by atoms with Crippen molar-refractivity contribution in [1.29, 1.82) is 0 Å². The zero-order valence-electron chi connectivity index (χ0n) is 16.4. The Hall–Kier alpha value is -1.76. The molecule has 0 aliphatic heterocycles. The standard InChI is InChI=1S/C24H32O/c1-23(2,3)20-9-6-8-19(14-20)16-24(4,5)21-10-7-11-22(15-21)25-17-18-12-13-18/h6-11,14-15,18H,12-13,16-17H2,1-5H3. The maximum absolute atomic E-state index is 5.98. The van der Waals surface area contributed by atoms with E-state index < -0.39 is 0 Å². The molecule has 1 heteroatoms. The molecule has 0 atom stereocenters. The van der Waals surface area contributed by atoms with E-state index in [0.717, 1.165) is 24.7 Å². The Morgan fingerprint density at radius 1 is 0.880 bits per heavy atom. The fourth-order valence-corrected chi connectivity index (χ4v) is 3.27. The molecule has 0 radical (unpaired) electrons. The van der Waals surface area contributed by atoms with Crippen molar-refractivity contribution in [2.45, 2.75) is 64.7 Å². The molecule has 2 aromatic carbocycles. The molecule has 1 saturated carbocycles. The maximum Gasteiger partial charge on any atom is 0.119 e. The molecule has 0 saturated heterocycles. The van der Waals surface area contributed by atoms with E-state index in [2.05, 4.69) is 83.1 Å². The van der Waals surface area contributed by atoms with Gasteiger partial charge >= 0.3 is 0 Å². The Morgan fingerprint density at radius 3 is 2.24 bits per heavy atom. The van der Waals surface area contributed by atoms with Crippen LogP contribution in [-0.2, 0) is 17.3 Å². The molecule has 1 aliphatic rings. The van der Waals surface area contributed by atoms with Crippen molar-refractivity contribution in [2.75, 3.05) is 6.61 Å². The van der Waals surface area contributed by atoms with Gasteiger partial charge in [-0.3, -0.25) is 0 Å². The molecule has 0 aromatic heterocycles. The zero-order chi connectivity index (χ0) is 18.1. The Balaban J connectivity index is 1.75. The van der Waals surface area contributed by atoms with Crippen LogP contribution in [0.5, 0.6) is 5.75 Å². The van der Waals surface area contributed by atoms with E-state index in [1.807, 2.05) is 0 Å². The summed E-state index contributed by atoms with van der Waals surface area (Å²) in [6, 6.07) is 17.7. The Bertz CT molecular complexity index is 717. The van der Waals surface area contributed by atoms with E-state index in [-0.39, 0.29) is 10.8 Å². The van der Waals surface area contributed by atoms with Crippen LogP contribution in [0.1, 0.15) is 64.2 Å². The summed E-state index contributed by atoms with van der Waals surface area (Å²) in [6.07, 6.45) is 3.69. The number of rotatable bonds is 6. The van der Waals surface area contributed by atoms with Crippen molar-refractivity contribution in [3.05, 3.63) is 65.2 Å². The Kier molecular flexibility index (Phi) is 4.95. The number of hydrogen-bond donors (Lipinski definition) is 0. The van der Waals surface area contributed by atoms with Gasteiger partial charge < -0.3 is 4.74 Å². The molecule has 0 bridgehead atoms. The minimum atomic E-state index is 0.0788. The van der Waals surface area contributed by atoms with Gasteiger partial charge in [0.05, 0.1) is 6.61 Å². The van der Waals surface area contributed by atoms with Crippen molar-refractivity contribution < 1.29 is 4.74 Å². The van der Waals surface area contributed by atoms with Gasteiger partial charge in [-0.25, -0.2) is 0 Å². The van der Waals surface area contributed by atoms with Gasteiger partial charge in [-0.2, -0.15) is 0 Å². The molecule has 2 aromatic rings. The summed E-state index contributed by atoms with van der Waals surface area (Å²) >= 11 is 0. The number of hydrogen-bond acceptors (Lipinski definition) is 1. The molecular weight excluding hydrogens is 304 g/mol. The Labute approximate surface area is 153 Å². The predicted molar refractivity (Wildman–Crippen MR) is 107 cm³/mol. The molecular formula is C24H32O. The normalized spacial score (nSPS) is 15.2. The van der Waals surface area contributed by atoms with E-state index in [4.69, 9.17) is 4.74 Å². The molecule has 1 nitrogen and oxygen atoms in total. The van der Waals surface area contributed by atoms with Crippen molar-refractivity contribution in [1.82, 2.24) is 0 Å². The van der Waals surface area contributed by atoms with E-state index in [1.165, 1.54) is 29.5 Å². The highest BCUT2D eigenvalue weighted by Crippen LogP contribution is 2.33. The van der Waals surface area contributed by atoms with Gasteiger partial charge in [0.25, 0.3) is 0 Å². The lowest BCUT2D eigenvalue weighted by Gasteiger charge is -2.27. The molecule has 25 heavy (non-hydrogen) atoms. The number of benzene rings is 2. The smallest absolute Gasteiger partial charge is 0.119 e. The van der Waals surface area contributed by atoms with E-state index >= 15 is 0 Å². The maximum atomic E-state index is 5.98. The largest absolute Gasteiger partial charge is 0.493 e. The van der Waals surface area contributed by atoms with Crippen molar-refractivity contribution in [3.63, 3.8) is 0 Å². The lowest BCUT2D eigenvalue weighted by atomic mass is 9.78. The average Bonchev–Trinajstić information content (AvgIpc) is 3.37. The van der Waals surface area contributed by atoms with Crippen LogP contribution in [0.3, 0.4) is 0 Å². The van der Waals surface area contributed by atoms with E-state index in [0.29, 0.717) is 0 Å². The third-order valence-corrected chi connectivity index (χ3v) is 5.24. The molecule has 3 rings (SSSR count). The fourth-order valence-electron chi connectivity index (χ4n) is 3.27. The molecule has 1 fully saturated rings. The molecule has 0 spiro atoms. The highest BCUT2D eigenvalue weighted by molar-refractivity contribution is 5.36. The van der Waals surface area contributed by atoms with Crippen LogP contribution in [0.15, 0.2) is 48.5 Å². The molecule has 0 N–H and O–H groups in total. The van der Waals surface area contributed by atoms with Crippen LogP contribution < -0.4 is 4.74 Å². The lowest BCUT2D eigenvalue weighted by Crippen LogP contribution is -2.21. The summed E-state index contributed by atoms with van der Waals surface area (Å²) in [6.45, 7) is 12.4. The average molecular weight is 337 g/mol. The second kappa shape index (κ2) is 6.86. The summed E-state index contributed by atoms with van der Waals surface area (Å²) in [5.41, 5.74) is 4.43. The van der Waals surface area contributed by atoms with Gasteiger partial charge in [0.15, 0.2) is 0 Å². The molecule has 0 amide bonds. The first-order valence-electron chi connectivity index (χ1n) is 9.57. The summed E-state index contributed by atoms with van der Waals surface area (Å²) < 4.78 is 5.98. The van der Waals surface area contributed by atoms with Crippen LogP contribution in [-0.4, -0.2) is 6.61 Å². The zero-order valence-corrected chi connectivity index (χ0v) is 16.4. The highest BCUT2D eigenvalue weighted by atomic mass is 16.5. The highest BCUT2D eigenvalue weighted by Gasteiger charge is 2.24. The summed E-state index contributed by atoms with van der Waals surface area (Å²) in [5, 5.41) is 0. The summed E-state index contributed by atoms with van der Waals surface area (Å²) in [4.78, 5) is 0. The van der Waals surface area contributed by atoms with Gasteiger partial charge in [0.1, 0.15) is 5.75 Å².